The number of hydrogen-bond acceptors (Lipinski definition) is 8. The molecule has 0 fully saturated rings. The van der Waals surface area contributed by atoms with Gasteiger partial charge in [0.2, 0.25) is 0 Å². The number of nitrogens with two attached hydrogens (primary N) is 1. The van der Waals surface area contributed by atoms with Gasteiger partial charge in [-0.2, -0.15) is 10.2 Å². The van der Waals surface area contributed by atoms with E-state index in [9.17, 15) is 5.26 Å². The number of benzene rings is 1. The number of hydrogen-bond donors (Lipinski definition) is 1. The average molecular weight is 315 g/mol. The van der Waals surface area contributed by atoms with Gasteiger partial charge in [-0.15, -0.1) is 0 Å². The molecule has 0 amide bonds. The molecule has 0 bridgehead atoms. The molecule has 3 aromatic heterocycles. The maximum absolute atomic E-state index is 9.19. The Morgan fingerprint density at radius 2 is 2.00 bits per heavy atom. The molecule has 4 rings (SSSR count). The Morgan fingerprint density at radius 3 is 2.79 bits per heavy atom. The number of rotatable bonds is 2. The van der Waals surface area contributed by atoms with Crippen LogP contribution < -0.4 is 5.73 Å². The second-order valence-corrected chi connectivity index (χ2v) is 4.92. The van der Waals surface area contributed by atoms with Crippen LogP contribution in [-0.2, 0) is 0 Å². The molecule has 8 heteroatoms. The number of nitrogens with zero attached hydrogens (tertiary/aromatic N) is 6. The summed E-state index contributed by atoms with van der Waals surface area (Å²) in [6.45, 7) is 0. The Kier molecular flexibility index (Phi) is 3.10. The zero-order chi connectivity index (χ0) is 16.5. The summed E-state index contributed by atoms with van der Waals surface area (Å²) in [4.78, 5) is 16.8. The lowest BCUT2D eigenvalue weighted by molar-refractivity contribution is 0.429. The lowest BCUT2D eigenvalue weighted by Crippen LogP contribution is -2.03. The second-order valence-electron chi connectivity index (χ2n) is 4.92. The molecule has 0 radical (unpaired) electrons. The van der Waals surface area contributed by atoms with Crippen LogP contribution >= 0.6 is 0 Å². The zero-order valence-electron chi connectivity index (χ0n) is 12.2. The van der Waals surface area contributed by atoms with Crippen LogP contribution in [0, 0.1) is 11.3 Å². The van der Waals surface area contributed by atoms with Gasteiger partial charge in [-0.1, -0.05) is 17.3 Å². The Balaban J connectivity index is 2.00. The monoisotopic (exact) mass is 315 g/mol. The number of aromatic nitrogens is 5. The van der Waals surface area contributed by atoms with Gasteiger partial charge in [0.15, 0.2) is 23.5 Å². The van der Waals surface area contributed by atoms with Crippen molar-refractivity contribution >= 4 is 16.7 Å². The molecule has 0 aliphatic heterocycles. The predicted molar refractivity (Wildman–Crippen MR) is 85.2 cm³/mol. The highest BCUT2D eigenvalue weighted by molar-refractivity contribution is 5.86. The highest BCUT2D eigenvalue weighted by atomic mass is 16.5. The molecule has 1 aromatic carbocycles. The normalized spacial score (nSPS) is 10.6. The summed E-state index contributed by atoms with van der Waals surface area (Å²) in [6, 6.07) is 11.3. The molecule has 0 atom stereocenters. The molecule has 8 nitrogen and oxygen atoms in total. The molecule has 0 saturated heterocycles. The highest BCUT2D eigenvalue weighted by Crippen LogP contribution is 2.30. The molecule has 0 saturated carbocycles. The van der Waals surface area contributed by atoms with Crippen LogP contribution in [0.3, 0.4) is 0 Å². The number of pyridine rings is 1. The summed E-state index contributed by atoms with van der Waals surface area (Å²) in [5.41, 5.74) is 8.18. The van der Waals surface area contributed by atoms with Crippen molar-refractivity contribution in [3.05, 3.63) is 48.5 Å². The first-order valence-corrected chi connectivity index (χ1v) is 6.96. The first kappa shape index (κ1) is 13.8. The third-order valence-corrected chi connectivity index (χ3v) is 3.47. The van der Waals surface area contributed by atoms with Crippen molar-refractivity contribution in [2.75, 3.05) is 5.73 Å². The van der Waals surface area contributed by atoms with E-state index in [4.69, 9.17) is 10.3 Å². The van der Waals surface area contributed by atoms with Crippen molar-refractivity contribution in [3.63, 3.8) is 0 Å². The van der Waals surface area contributed by atoms with E-state index in [2.05, 4.69) is 25.1 Å². The smallest absolute Gasteiger partial charge is 0.278 e. The number of fused-ring (bicyclic) bond motifs is 1. The van der Waals surface area contributed by atoms with Crippen molar-refractivity contribution in [1.29, 1.82) is 5.26 Å². The second kappa shape index (κ2) is 5.40. The maximum Gasteiger partial charge on any atom is 0.278 e. The lowest BCUT2D eigenvalue weighted by atomic mass is 10.1. The van der Waals surface area contributed by atoms with Crippen molar-refractivity contribution in [3.8, 4) is 28.9 Å². The van der Waals surface area contributed by atoms with Gasteiger partial charge in [-0.05, 0) is 18.2 Å². The van der Waals surface area contributed by atoms with Crippen LogP contribution in [-0.4, -0.2) is 25.1 Å². The van der Waals surface area contributed by atoms with Crippen LogP contribution in [0.2, 0.25) is 0 Å². The summed E-state index contributed by atoms with van der Waals surface area (Å²) >= 11 is 0. The molecule has 0 spiro atoms. The third kappa shape index (κ3) is 2.21. The Labute approximate surface area is 135 Å². The van der Waals surface area contributed by atoms with E-state index in [0.29, 0.717) is 11.4 Å². The first-order valence-electron chi connectivity index (χ1n) is 6.96. The fourth-order valence-electron chi connectivity index (χ4n) is 2.38. The minimum absolute atomic E-state index is 0.0110. The first-order chi connectivity index (χ1) is 11.8. The van der Waals surface area contributed by atoms with E-state index in [1.165, 1.54) is 6.33 Å². The summed E-state index contributed by atoms with van der Waals surface area (Å²) in [5, 5.41) is 13.7. The van der Waals surface area contributed by atoms with Crippen LogP contribution in [0.4, 0.5) is 5.82 Å². The minimum atomic E-state index is 0.0110. The zero-order valence-corrected chi connectivity index (χ0v) is 12.2. The van der Waals surface area contributed by atoms with Crippen LogP contribution in [0.25, 0.3) is 33.7 Å². The van der Waals surface area contributed by atoms with E-state index in [1.54, 1.807) is 6.20 Å². The molecular weight excluding hydrogens is 306 g/mol. The molecule has 3 heterocycles. The van der Waals surface area contributed by atoms with Crippen molar-refractivity contribution in [1.82, 2.24) is 25.1 Å². The van der Waals surface area contributed by atoms with Gasteiger partial charge >= 0.3 is 0 Å². The van der Waals surface area contributed by atoms with Gasteiger partial charge in [0.05, 0.1) is 5.52 Å². The summed E-state index contributed by atoms with van der Waals surface area (Å²) in [7, 11) is 0. The fraction of sp³-hybridized carbons (Fsp3) is 0. The molecule has 0 aliphatic carbocycles. The van der Waals surface area contributed by atoms with E-state index < -0.39 is 0 Å². The molecule has 0 aliphatic rings. The Hall–Kier alpha value is -3.86. The minimum Gasteiger partial charge on any atom is -0.381 e. The molecule has 0 unspecified atom stereocenters. The van der Waals surface area contributed by atoms with E-state index in [1.807, 2.05) is 36.4 Å². The van der Waals surface area contributed by atoms with Crippen LogP contribution in [0.5, 0.6) is 0 Å². The van der Waals surface area contributed by atoms with Gasteiger partial charge in [0.1, 0.15) is 11.8 Å². The average Bonchev–Trinajstić information content (AvgIpc) is 3.15. The van der Waals surface area contributed by atoms with E-state index >= 15 is 0 Å². The largest absolute Gasteiger partial charge is 0.381 e. The summed E-state index contributed by atoms with van der Waals surface area (Å²) < 4.78 is 5.08. The molecule has 114 valence electrons. The van der Waals surface area contributed by atoms with E-state index in [-0.39, 0.29) is 17.4 Å². The fourth-order valence-corrected chi connectivity index (χ4v) is 2.38. The van der Waals surface area contributed by atoms with Gasteiger partial charge in [-0.25, -0.2) is 9.97 Å². The Morgan fingerprint density at radius 1 is 1.08 bits per heavy atom. The standard InChI is InChI=1S/C16H9N7O/c17-7-12-15(18)23-14(16-20-8-21-24-16)13(22-12)10-3-4-11-9(6-10)2-1-5-19-11/h1-6,8H,(H2,18,23). The van der Waals surface area contributed by atoms with E-state index in [0.717, 1.165) is 16.5 Å². The Bertz CT molecular complexity index is 1080. The van der Waals surface area contributed by atoms with Crippen molar-refractivity contribution in [2.45, 2.75) is 0 Å². The number of nitrogen functional groups attached to an aromatic ring is 1. The van der Waals surface area contributed by atoms with Crippen LogP contribution in [0.1, 0.15) is 5.69 Å². The number of nitriles is 1. The van der Waals surface area contributed by atoms with Crippen LogP contribution in [0.15, 0.2) is 47.4 Å². The van der Waals surface area contributed by atoms with Crippen molar-refractivity contribution < 1.29 is 4.52 Å². The molecule has 24 heavy (non-hydrogen) atoms. The summed E-state index contributed by atoms with van der Waals surface area (Å²) in [5.74, 6) is 0.192. The maximum atomic E-state index is 9.19. The third-order valence-electron chi connectivity index (χ3n) is 3.47. The topological polar surface area (TPSA) is 127 Å². The van der Waals surface area contributed by atoms with Crippen molar-refractivity contribution in [2.24, 2.45) is 0 Å². The number of anilines is 1. The SMILES string of the molecule is N#Cc1nc(-c2ccc3ncccc3c2)c(-c2ncno2)nc1N. The van der Waals surface area contributed by atoms with Gasteiger partial charge in [0.25, 0.3) is 5.89 Å². The summed E-state index contributed by atoms with van der Waals surface area (Å²) in [6.07, 6.45) is 2.99. The molecule has 2 N–H and O–H groups in total. The van der Waals surface area contributed by atoms with Gasteiger partial charge in [0, 0.05) is 17.1 Å². The molecule has 4 aromatic rings. The predicted octanol–water partition coefficient (Wildman–Crippen LogP) is 2.20. The molecular formula is C16H9N7O. The van der Waals surface area contributed by atoms with Gasteiger partial charge < -0.3 is 10.3 Å². The van der Waals surface area contributed by atoms with Gasteiger partial charge in [-0.3, -0.25) is 4.98 Å². The highest BCUT2D eigenvalue weighted by Gasteiger charge is 2.19. The lowest BCUT2D eigenvalue weighted by Gasteiger charge is -2.08. The quantitative estimate of drug-likeness (QED) is 0.596.